The van der Waals surface area contributed by atoms with Crippen LogP contribution in [0, 0.1) is 13.8 Å². The molecule has 0 aliphatic heterocycles. The molecule has 0 saturated carbocycles. The first-order valence-electron chi connectivity index (χ1n) is 5.56. The minimum absolute atomic E-state index is 0.381. The van der Waals surface area contributed by atoms with Gasteiger partial charge in [0.15, 0.2) is 0 Å². The third-order valence-corrected chi connectivity index (χ3v) is 4.18. The van der Waals surface area contributed by atoms with Crippen molar-refractivity contribution in [3.8, 4) is 0 Å². The average Bonchev–Trinajstić information content (AvgIpc) is 2.84. The summed E-state index contributed by atoms with van der Waals surface area (Å²) in [6.07, 6.45) is 0. The van der Waals surface area contributed by atoms with Crippen molar-refractivity contribution in [3.63, 3.8) is 0 Å². The Hall–Kier alpha value is -1.01. The molecule has 0 atom stereocenters. The predicted molar refractivity (Wildman–Crippen MR) is 72.9 cm³/mol. The van der Waals surface area contributed by atoms with E-state index in [1.54, 1.807) is 11.3 Å². The summed E-state index contributed by atoms with van der Waals surface area (Å²) in [5, 5.41) is 5.24. The largest absolute Gasteiger partial charge is 0.354 e. The summed E-state index contributed by atoms with van der Waals surface area (Å²) in [6.45, 7) is 9.06. The monoisotopic (exact) mass is 268 g/mol. The smallest absolute Gasteiger partial charge is 0.202 e. The highest BCUT2D eigenvalue weighted by Crippen LogP contribution is 2.20. The van der Waals surface area contributed by atoms with Crippen molar-refractivity contribution in [3.05, 3.63) is 21.4 Å². The van der Waals surface area contributed by atoms with Gasteiger partial charge >= 0.3 is 0 Å². The van der Waals surface area contributed by atoms with E-state index in [1.165, 1.54) is 16.4 Å². The number of hydrogen-bond acceptors (Lipinski definition) is 6. The maximum absolute atomic E-state index is 4.48. The Labute approximate surface area is 109 Å². The summed E-state index contributed by atoms with van der Waals surface area (Å²) in [7, 11) is 0. The van der Waals surface area contributed by atoms with Crippen LogP contribution in [0.25, 0.3) is 0 Å². The highest BCUT2D eigenvalue weighted by molar-refractivity contribution is 7.11. The lowest BCUT2D eigenvalue weighted by atomic mass is 10.2. The van der Waals surface area contributed by atoms with E-state index in [2.05, 4.69) is 40.4 Å². The second-order valence-corrected chi connectivity index (χ2v) is 6.25. The Balaban J connectivity index is 1.97. The van der Waals surface area contributed by atoms with Gasteiger partial charge in [-0.25, -0.2) is 9.97 Å². The van der Waals surface area contributed by atoms with Gasteiger partial charge in [0.25, 0.3) is 0 Å². The quantitative estimate of drug-likeness (QED) is 0.924. The molecule has 0 amide bonds. The summed E-state index contributed by atoms with van der Waals surface area (Å²) in [4.78, 5) is 10.2. The fourth-order valence-corrected chi connectivity index (χ4v) is 2.88. The van der Waals surface area contributed by atoms with Gasteiger partial charge in [0.1, 0.15) is 10.8 Å². The number of rotatable bonds is 4. The van der Waals surface area contributed by atoms with Crippen molar-refractivity contribution in [1.82, 2.24) is 14.3 Å². The van der Waals surface area contributed by atoms with Crippen molar-refractivity contribution >= 4 is 28.0 Å². The second-order valence-electron chi connectivity index (χ2n) is 4.22. The Morgan fingerprint density at radius 3 is 2.53 bits per heavy atom. The molecular formula is C11H16N4S2. The molecule has 0 fully saturated rings. The first-order valence-corrected chi connectivity index (χ1v) is 7.15. The molecule has 0 aliphatic rings. The van der Waals surface area contributed by atoms with Crippen molar-refractivity contribution in [1.29, 1.82) is 0 Å². The Morgan fingerprint density at radius 1 is 1.24 bits per heavy atom. The molecule has 2 rings (SSSR count). The maximum Gasteiger partial charge on any atom is 0.202 e. The summed E-state index contributed by atoms with van der Waals surface area (Å²) in [5.74, 6) is 1.29. The fourth-order valence-electron chi connectivity index (χ4n) is 1.31. The number of nitrogens with one attached hydrogen (secondary N) is 1. The number of anilines is 1. The molecule has 17 heavy (non-hydrogen) atoms. The van der Waals surface area contributed by atoms with Gasteiger partial charge in [0, 0.05) is 22.3 Å². The van der Waals surface area contributed by atoms with Crippen LogP contribution in [0.4, 0.5) is 5.13 Å². The molecule has 2 aromatic rings. The molecule has 2 aromatic heterocycles. The van der Waals surface area contributed by atoms with E-state index in [0.29, 0.717) is 5.92 Å². The fraction of sp³-hybridized carbons (Fsp3) is 0.545. The zero-order valence-corrected chi connectivity index (χ0v) is 12.1. The molecule has 0 aromatic carbocycles. The lowest BCUT2D eigenvalue weighted by Gasteiger charge is -1.98. The lowest BCUT2D eigenvalue weighted by molar-refractivity contribution is 0.799. The maximum atomic E-state index is 4.48. The Bertz CT molecular complexity index is 482. The molecule has 0 saturated heterocycles. The van der Waals surface area contributed by atoms with Crippen molar-refractivity contribution in [2.45, 2.75) is 40.2 Å². The third kappa shape index (κ3) is 3.01. The molecule has 1 N–H and O–H groups in total. The normalized spacial score (nSPS) is 11.1. The van der Waals surface area contributed by atoms with Crippen LogP contribution in [-0.2, 0) is 6.54 Å². The summed E-state index contributed by atoms with van der Waals surface area (Å²) >= 11 is 3.14. The van der Waals surface area contributed by atoms with Crippen molar-refractivity contribution in [2.24, 2.45) is 0 Å². The van der Waals surface area contributed by atoms with Gasteiger partial charge in [0.2, 0.25) is 5.13 Å². The molecule has 6 heteroatoms. The Kier molecular flexibility index (Phi) is 3.73. The van der Waals surface area contributed by atoms with E-state index in [4.69, 9.17) is 0 Å². The van der Waals surface area contributed by atoms with Crippen LogP contribution in [0.15, 0.2) is 0 Å². The van der Waals surface area contributed by atoms with Crippen LogP contribution in [-0.4, -0.2) is 14.3 Å². The molecule has 0 unspecified atom stereocenters. The standard InChI is InChI=1S/C11H16N4S2/c1-6(2)10-14-11(17-15-10)12-5-9-13-7(3)8(4)16-9/h6H,5H2,1-4H3,(H,12,14,15). The number of aromatic nitrogens is 3. The minimum Gasteiger partial charge on any atom is -0.354 e. The molecule has 0 radical (unpaired) electrons. The molecule has 0 bridgehead atoms. The SMILES string of the molecule is Cc1nc(CNc2nc(C(C)C)ns2)sc1C. The van der Waals surface area contributed by atoms with Crippen LogP contribution < -0.4 is 5.32 Å². The number of hydrogen-bond donors (Lipinski definition) is 1. The van der Waals surface area contributed by atoms with Crippen molar-refractivity contribution in [2.75, 3.05) is 5.32 Å². The van der Waals surface area contributed by atoms with Gasteiger partial charge < -0.3 is 5.32 Å². The topological polar surface area (TPSA) is 50.7 Å². The van der Waals surface area contributed by atoms with E-state index in [0.717, 1.165) is 28.2 Å². The zero-order chi connectivity index (χ0) is 12.4. The molecule has 0 spiro atoms. The van der Waals surface area contributed by atoms with E-state index >= 15 is 0 Å². The lowest BCUT2D eigenvalue weighted by Crippen LogP contribution is -1.99. The molecule has 92 valence electrons. The predicted octanol–water partition coefficient (Wildman–Crippen LogP) is 3.35. The Morgan fingerprint density at radius 2 is 2.00 bits per heavy atom. The molecule has 2 heterocycles. The minimum atomic E-state index is 0.381. The second kappa shape index (κ2) is 5.10. The molecular weight excluding hydrogens is 252 g/mol. The summed E-state index contributed by atoms with van der Waals surface area (Å²) < 4.78 is 4.30. The van der Waals surface area contributed by atoms with Crippen LogP contribution in [0.3, 0.4) is 0 Å². The van der Waals surface area contributed by atoms with Crippen LogP contribution >= 0.6 is 22.9 Å². The first-order chi connectivity index (χ1) is 8.06. The van der Waals surface area contributed by atoms with Crippen LogP contribution in [0.1, 0.15) is 41.2 Å². The number of thiazole rings is 1. The van der Waals surface area contributed by atoms with Gasteiger partial charge in [-0.2, -0.15) is 4.37 Å². The zero-order valence-electron chi connectivity index (χ0n) is 10.4. The highest BCUT2D eigenvalue weighted by Gasteiger charge is 2.08. The van der Waals surface area contributed by atoms with Crippen molar-refractivity contribution < 1.29 is 0 Å². The van der Waals surface area contributed by atoms with E-state index < -0.39 is 0 Å². The van der Waals surface area contributed by atoms with E-state index in [-0.39, 0.29) is 0 Å². The van der Waals surface area contributed by atoms with Gasteiger partial charge in [-0.3, -0.25) is 0 Å². The third-order valence-electron chi connectivity index (χ3n) is 2.42. The first kappa shape index (κ1) is 12.4. The molecule has 4 nitrogen and oxygen atoms in total. The summed E-state index contributed by atoms with van der Waals surface area (Å²) in [5.41, 5.74) is 1.12. The van der Waals surface area contributed by atoms with E-state index in [9.17, 15) is 0 Å². The number of nitrogens with zero attached hydrogens (tertiary/aromatic N) is 3. The van der Waals surface area contributed by atoms with Crippen LogP contribution in [0.5, 0.6) is 0 Å². The summed E-state index contributed by atoms with van der Waals surface area (Å²) in [6, 6.07) is 0. The highest BCUT2D eigenvalue weighted by atomic mass is 32.1. The van der Waals surface area contributed by atoms with Gasteiger partial charge in [-0.15, -0.1) is 11.3 Å². The van der Waals surface area contributed by atoms with Gasteiger partial charge in [-0.1, -0.05) is 13.8 Å². The van der Waals surface area contributed by atoms with E-state index in [1.807, 2.05) is 6.92 Å². The average molecular weight is 268 g/mol. The number of aryl methyl sites for hydroxylation is 2. The molecule has 0 aliphatic carbocycles. The van der Waals surface area contributed by atoms with Crippen LogP contribution in [0.2, 0.25) is 0 Å². The van der Waals surface area contributed by atoms with Gasteiger partial charge in [0.05, 0.1) is 12.2 Å². The van der Waals surface area contributed by atoms with Gasteiger partial charge in [-0.05, 0) is 13.8 Å².